The molecule has 0 atom stereocenters. The molecule has 4 aromatic rings. The number of alkyl halides is 3. The van der Waals surface area contributed by atoms with Gasteiger partial charge in [-0.25, -0.2) is 19.3 Å². The Morgan fingerprint density at radius 3 is 2.44 bits per heavy atom. The van der Waals surface area contributed by atoms with Gasteiger partial charge in [0.15, 0.2) is 0 Å². The quantitative estimate of drug-likeness (QED) is 0.252. The van der Waals surface area contributed by atoms with Gasteiger partial charge < -0.3 is 16.0 Å². The number of carbonyl (C=O) groups is 1. The van der Waals surface area contributed by atoms with Crippen molar-refractivity contribution in [1.82, 2.24) is 29.7 Å². The molecule has 1 amide bonds. The lowest BCUT2D eigenvalue weighted by Crippen LogP contribution is -2.11. The Kier molecular flexibility index (Phi) is 6.58. The number of hydrogen-bond acceptors (Lipinski definition) is 8. The molecule has 0 aliphatic rings. The molecule has 3 N–H and O–H groups in total. The topological polar surface area (TPSA) is 123 Å². The molecule has 4 rings (SSSR count). The summed E-state index contributed by atoms with van der Waals surface area (Å²) in [5, 5.41) is 12.3. The Morgan fingerprint density at radius 2 is 1.81 bits per heavy atom. The molecule has 0 unspecified atom stereocenters. The summed E-state index contributed by atoms with van der Waals surface area (Å²) in [6.45, 7) is 3.36. The lowest BCUT2D eigenvalue weighted by molar-refractivity contribution is -0.145. The molecule has 184 valence electrons. The van der Waals surface area contributed by atoms with Gasteiger partial charge in [0.1, 0.15) is 11.6 Å². The summed E-state index contributed by atoms with van der Waals surface area (Å²) in [7, 11) is 1.72. The third-order valence-corrected chi connectivity index (χ3v) is 4.64. The highest BCUT2D eigenvalue weighted by molar-refractivity contribution is 5.99. The van der Waals surface area contributed by atoms with Crippen LogP contribution in [0.1, 0.15) is 5.82 Å². The lowest BCUT2D eigenvalue weighted by atomic mass is 10.1. The summed E-state index contributed by atoms with van der Waals surface area (Å²) in [5.74, 6) is -2.36. The minimum atomic E-state index is -4.72. The largest absolute Gasteiger partial charge is 0.451 e. The number of hydrogen-bond donors (Lipinski definition) is 3. The van der Waals surface area contributed by atoms with E-state index in [2.05, 4.69) is 47.6 Å². The Morgan fingerprint density at radius 1 is 1.06 bits per heavy atom. The molecule has 0 saturated heterocycles. The van der Waals surface area contributed by atoms with Crippen LogP contribution in [0.3, 0.4) is 0 Å². The number of nitrogens with zero attached hydrogens (tertiary/aromatic N) is 6. The van der Waals surface area contributed by atoms with Gasteiger partial charge in [-0.1, -0.05) is 6.58 Å². The Balaban J connectivity index is 1.74. The minimum Gasteiger partial charge on any atom is -0.337 e. The van der Waals surface area contributed by atoms with Crippen molar-refractivity contribution >= 4 is 34.7 Å². The highest BCUT2D eigenvalue weighted by atomic mass is 19.4. The zero-order valence-corrected chi connectivity index (χ0v) is 18.5. The molecule has 1 aromatic carbocycles. The van der Waals surface area contributed by atoms with E-state index in [1.807, 2.05) is 0 Å². The molecule has 0 bridgehead atoms. The summed E-state index contributed by atoms with van der Waals surface area (Å²) < 4.78 is 54.9. The van der Waals surface area contributed by atoms with Gasteiger partial charge in [0, 0.05) is 48.6 Å². The van der Waals surface area contributed by atoms with Crippen molar-refractivity contribution in [3.63, 3.8) is 0 Å². The van der Waals surface area contributed by atoms with E-state index in [-0.39, 0.29) is 34.3 Å². The SMILES string of the molecule is C=CC(=O)Nc1ccc(F)c(Nc2nc(Nc3cnn(C)c3)ncc2-c2cnc(C(F)(F)F)nc2)c1. The standard InChI is InChI=1S/C22H17F4N9O/c1-3-18(36)31-13-4-5-16(23)17(6-13)33-19-15(12-7-27-20(28-8-12)22(24,25)26)10-29-21(34-19)32-14-9-30-35(2)11-14/h3-11H,1H2,2H3,(H,31,36)(H2,29,32,33,34). The number of anilines is 5. The average molecular weight is 499 g/mol. The Bertz CT molecular complexity index is 1420. The van der Waals surface area contributed by atoms with Gasteiger partial charge in [-0.3, -0.25) is 9.48 Å². The number of amides is 1. The fourth-order valence-electron chi connectivity index (χ4n) is 3.00. The maximum atomic E-state index is 14.6. The predicted molar refractivity (Wildman–Crippen MR) is 123 cm³/mol. The van der Waals surface area contributed by atoms with Crippen LogP contribution in [0.5, 0.6) is 0 Å². The zero-order chi connectivity index (χ0) is 25.9. The zero-order valence-electron chi connectivity index (χ0n) is 18.5. The first kappa shape index (κ1) is 24.3. The van der Waals surface area contributed by atoms with Crippen molar-refractivity contribution in [2.75, 3.05) is 16.0 Å². The number of benzene rings is 1. The van der Waals surface area contributed by atoms with Crippen molar-refractivity contribution in [1.29, 1.82) is 0 Å². The summed E-state index contributed by atoms with van der Waals surface area (Å²) in [4.78, 5) is 26.9. The van der Waals surface area contributed by atoms with E-state index in [0.29, 0.717) is 5.69 Å². The number of halogens is 4. The van der Waals surface area contributed by atoms with Gasteiger partial charge in [0.2, 0.25) is 17.7 Å². The van der Waals surface area contributed by atoms with Crippen molar-refractivity contribution in [3.8, 4) is 11.1 Å². The predicted octanol–water partition coefficient (Wildman–Crippen LogP) is 4.44. The molecule has 0 aliphatic carbocycles. The van der Waals surface area contributed by atoms with Crippen LogP contribution >= 0.6 is 0 Å². The maximum absolute atomic E-state index is 14.6. The van der Waals surface area contributed by atoms with E-state index in [4.69, 9.17) is 0 Å². The van der Waals surface area contributed by atoms with E-state index < -0.39 is 23.7 Å². The highest BCUT2D eigenvalue weighted by Gasteiger charge is 2.34. The molecule has 0 spiro atoms. The van der Waals surface area contributed by atoms with Gasteiger partial charge in [0.05, 0.1) is 17.6 Å². The van der Waals surface area contributed by atoms with Crippen LogP contribution in [0.25, 0.3) is 11.1 Å². The first-order valence-corrected chi connectivity index (χ1v) is 10.1. The smallest absolute Gasteiger partial charge is 0.337 e. The molecular weight excluding hydrogens is 482 g/mol. The molecule has 3 heterocycles. The average Bonchev–Trinajstić information content (AvgIpc) is 3.25. The molecule has 36 heavy (non-hydrogen) atoms. The fraction of sp³-hybridized carbons (Fsp3) is 0.0909. The van der Waals surface area contributed by atoms with Crippen molar-refractivity contribution in [3.05, 3.63) is 73.5 Å². The molecule has 0 saturated carbocycles. The summed E-state index contributed by atoms with van der Waals surface area (Å²) >= 11 is 0. The summed E-state index contributed by atoms with van der Waals surface area (Å²) in [5.41, 5.74) is 1.10. The third-order valence-electron chi connectivity index (χ3n) is 4.64. The third kappa shape index (κ3) is 5.60. The van der Waals surface area contributed by atoms with Crippen molar-refractivity contribution in [2.45, 2.75) is 6.18 Å². The summed E-state index contributed by atoms with van der Waals surface area (Å²) in [6.07, 6.45) is 2.78. The Labute approximate surface area is 201 Å². The van der Waals surface area contributed by atoms with Crippen LogP contribution in [-0.4, -0.2) is 35.6 Å². The van der Waals surface area contributed by atoms with Gasteiger partial charge in [-0.15, -0.1) is 0 Å². The van der Waals surface area contributed by atoms with Crippen LogP contribution in [0.15, 0.2) is 61.8 Å². The van der Waals surface area contributed by atoms with Crippen LogP contribution in [-0.2, 0) is 18.0 Å². The Hall–Kier alpha value is -4.88. The first-order chi connectivity index (χ1) is 17.1. The first-order valence-electron chi connectivity index (χ1n) is 10.1. The number of aryl methyl sites for hydroxylation is 1. The van der Waals surface area contributed by atoms with Gasteiger partial charge >= 0.3 is 6.18 Å². The molecule has 3 aromatic heterocycles. The van der Waals surface area contributed by atoms with E-state index >= 15 is 0 Å². The van der Waals surface area contributed by atoms with Gasteiger partial charge in [0.25, 0.3) is 0 Å². The van der Waals surface area contributed by atoms with Gasteiger partial charge in [-0.2, -0.15) is 23.3 Å². The van der Waals surface area contributed by atoms with Crippen LogP contribution in [0.4, 0.5) is 46.4 Å². The fourth-order valence-corrected chi connectivity index (χ4v) is 3.00. The van der Waals surface area contributed by atoms with E-state index in [1.165, 1.54) is 24.5 Å². The monoisotopic (exact) mass is 499 g/mol. The maximum Gasteiger partial charge on any atom is 0.451 e. The summed E-state index contributed by atoms with van der Waals surface area (Å²) in [6, 6.07) is 3.79. The second-order valence-electron chi connectivity index (χ2n) is 7.29. The lowest BCUT2D eigenvalue weighted by Gasteiger charge is -2.14. The number of aromatic nitrogens is 6. The second kappa shape index (κ2) is 9.77. The van der Waals surface area contributed by atoms with E-state index in [0.717, 1.165) is 24.5 Å². The molecule has 10 nitrogen and oxygen atoms in total. The van der Waals surface area contributed by atoms with Crippen LogP contribution in [0.2, 0.25) is 0 Å². The number of rotatable bonds is 7. The van der Waals surface area contributed by atoms with E-state index in [9.17, 15) is 22.4 Å². The van der Waals surface area contributed by atoms with E-state index in [1.54, 1.807) is 17.9 Å². The molecule has 0 fully saturated rings. The normalized spacial score (nSPS) is 11.1. The highest BCUT2D eigenvalue weighted by Crippen LogP contribution is 2.32. The van der Waals surface area contributed by atoms with Crippen molar-refractivity contribution < 1.29 is 22.4 Å². The van der Waals surface area contributed by atoms with Crippen molar-refractivity contribution in [2.24, 2.45) is 7.05 Å². The molecule has 0 radical (unpaired) electrons. The minimum absolute atomic E-state index is 0.0332. The number of nitrogens with one attached hydrogen (secondary N) is 3. The molecular formula is C22H17F4N9O. The molecule has 14 heteroatoms. The van der Waals surface area contributed by atoms with Crippen LogP contribution < -0.4 is 16.0 Å². The van der Waals surface area contributed by atoms with Gasteiger partial charge in [-0.05, 0) is 24.3 Å². The second-order valence-corrected chi connectivity index (χ2v) is 7.29. The van der Waals surface area contributed by atoms with Crippen LogP contribution in [0, 0.1) is 5.82 Å². The number of carbonyl (C=O) groups excluding carboxylic acids is 1. The molecule has 0 aliphatic heterocycles.